The highest BCUT2D eigenvalue weighted by molar-refractivity contribution is 7.08. The summed E-state index contributed by atoms with van der Waals surface area (Å²) in [6.45, 7) is 2.69. The number of nitrogens with one attached hydrogen (secondary N) is 1. The monoisotopic (exact) mass is 607 g/mol. The van der Waals surface area contributed by atoms with Crippen molar-refractivity contribution in [2.75, 3.05) is 0 Å². The number of hydrogen-bond donors (Lipinski definition) is 1. The van der Waals surface area contributed by atoms with Gasteiger partial charge in [0.1, 0.15) is 11.6 Å². The highest BCUT2D eigenvalue weighted by Gasteiger charge is 2.37. The van der Waals surface area contributed by atoms with Crippen LogP contribution in [0.15, 0.2) is 83.9 Å². The van der Waals surface area contributed by atoms with Crippen LogP contribution in [0, 0.1) is 11.8 Å². The molecule has 1 aliphatic carbocycles. The fourth-order valence-corrected chi connectivity index (χ4v) is 6.42. The van der Waals surface area contributed by atoms with Crippen LogP contribution in [0.25, 0.3) is 22.5 Å². The first kappa shape index (κ1) is 29.3. The number of aryl methyl sites for hydroxylation is 1. The third kappa shape index (κ3) is 6.73. The molecule has 6 rings (SSSR count). The van der Waals surface area contributed by atoms with Crippen LogP contribution < -0.4 is 4.80 Å². The molecule has 10 nitrogen and oxygen atoms in total. The lowest BCUT2D eigenvalue weighted by molar-refractivity contribution is -0.155. The van der Waals surface area contributed by atoms with Crippen LogP contribution in [0.1, 0.15) is 48.7 Å². The maximum Gasteiger partial charge on any atom is 0.310 e. The zero-order valence-electron chi connectivity index (χ0n) is 24.4. The second kappa shape index (κ2) is 13.7. The molecule has 2 aromatic heterocycles. The SMILES string of the molecule is CCc1nn(Cc2ccc(-c3ccccc3-c3nnn[nH]3)cc2)c(=NC(=O)[C@H]2CCCC[C@H]2C(=O)OCc2ccccc2)s1. The van der Waals surface area contributed by atoms with Gasteiger partial charge in [0.15, 0.2) is 5.82 Å². The number of amides is 1. The Kier molecular flexibility index (Phi) is 9.11. The Labute approximate surface area is 258 Å². The molecule has 1 aliphatic rings. The Balaban J connectivity index is 1.20. The molecule has 0 aliphatic heterocycles. The topological polar surface area (TPSA) is 128 Å². The van der Waals surface area contributed by atoms with Gasteiger partial charge in [-0.15, -0.1) is 5.10 Å². The molecule has 11 heteroatoms. The third-order valence-electron chi connectivity index (χ3n) is 7.91. The number of hydrogen-bond acceptors (Lipinski definition) is 8. The number of ether oxygens (including phenoxy) is 1. The van der Waals surface area contributed by atoms with Gasteiger partial charge in [-0.05, 0) is 51.9 Å². The summed E-state index contributed by atoms with van der Waals surface area (Å²) < 4.78 is 7.42. The Morgan fingerprint density at radius 2 is 1.66 bits per heavy atom. The lowest BCUT2D eigenvalue weighted by Gasteiger charge is -2.27. The van der Waals surface area contributed by atoms with E-state index in [1.165, 1.54) is 11.3 Å². The second-order valence-electron chi connectivity index (χ2n) is 10.8. The molecular weight excluding hydrogens is 574 g/mol. The van der Waals surface area contributed by atoms with Gasteiger partial charge in [0.2, 0.25) is 4.80 Å². The van der Waals surface area contributed by atoms with Crippen LogP contribution in [-0.4, -0.2) is 42.3 Å². The predicted octanol–water partition coefficient (Wildman–Crippen LogP) is 5.38. The number of nitrogens with zero attached hydrogens (tertiary/aromatic N) is 6. The molecule has 1 N–H and O–H groups in total. The van der Waals surface area contributed by atoms with E-state index < -0.39 is 11.8 Å². The minimum Gasteiger partial charge on any atom is -0.461 e. The van der Waals surface area contributed by atoms with Crippen molar-refractivity contribution in [1.82, 2.24) is 30.4 Å². The maximum atomic E-state index is 13.6. The van der Waals surface area contributed by atoms with Gasteiger partial charge in [-0.2, -0.15) is 10.1 Å². The predicted molar refractivity (Wildman–Crippen MR) is 166 cm³/mol. The van der Waals surface area contributed by atoms with Crippen molar-refractivity contribution >= 4 is 23.2 Å². The summed E-state index contributed by atoms with van der Waals surface area (Å²) in [5.74, 6) is -0.976. The number of rotatable bonds is 9. The summed E-state index contributed by atoms with van der Waals surface area (Å²) in [6, 6.07) is 25.8. The Bertz CT molecular complexity index is 1780. The second-order valence-corrected chi connectivity index (χ2v) is 11.9. The molecule has 0 spiro atoms. The lowest BCUT2D eigenvalue weighted by Crippen LogP contribution is -2.34. The highest BCUT2D eigenvalue weighted by Crippen LogP contribution is 2.33. The van der Waals surface area contributed by atoms with E-state index in [0.717, 1.165) is 52.1 Å². The number of aromatic amines is 1. The van der Waals surface area contributed by atoms with E-state index >= 15 is 0 Å². The molecule has 0 radical (unpaired) electrons. The van der Waals surface area contributed by atoms with Gasteiger partial charge in [0.25, 0.3) is 5.91 Å². The van der Waals surface area contributed by atoms with E-state index in [-0.39, 0.29) is 18.5 Å². The van der Waals surface area contributed by atoms with Crippen LogP contribution in [-0.2, 0) is 33.9 Å². The Morgan fingerprint density at radius 3 is 2.39 bits per heavy atom. The van der Waals surface area contributed by atoms with Crippen LogP contribution in [0.4, 0.5) is 0 Å². The van der Waals surface area contributed by atoms with Crippen molar-refractivity contribution in [1.29, 1.82) is 0 Å². The molecule has 0 bridgehead atoms. The van der Waals surface area contributed by atoms with E-state index in [1.54, 1.807) is 4.68 Å². The Morgan fingerprint density at radius 1 is 0.932 bits per heavy atom. The van der Waals surface area contributed by atoms with Gasteiger partial charge in [-0.1, -0.05) is 110 Å². The molecule has 0 saturated heterocycles. The summed E-state index contributed by atoms with van der Waals surface area (Å²) in [4.78, 5) is 31.7. The van der Waals surface area contributed by atoms with E-state index in [1.807, 2.05) is 73.7 Å². The summed E-state index contributed by atoms with van der Waals surface area (Å²) in [6.07, 6.45) is 3.77. The minimum absolute atomic E-state index is 0.199. The average molecular weight is 608 g/mol. The normalized spacial score (nSPS) is 17.0. The fraction of sp³-hybridized carbons (Fsp3) is 0.303. The minimum atomic E-state index is -0.494. The molecule has 3 aromatic carbocycles. The third-order valence-corrected chi connectivity index (χ3v) is 9.00. The Hall–Kier alpha value is -4.77. The fourth-order valence-electron chi connectivity index (χ4n) is 5.58. The van der Waals surface area contributed by atoms with Crippen molar-refractivity contribution < 1.29 is 14.3 Å². The molecular formula is C33H33N7O3S. The van der Waals surface area contributed by atoms with Crippen LogP contribution in [0.3, 0.4) is 0 Å². The van der Waals surface area contributed by atoms with Crippen molar-refractivity contribution in [2.45, 2.75) is 52.2 Å². The number of tetrazole rings is 1. The van der Waals surface area contributed by atoms with E-state index in [0.29, 0.717) is 30.0 Å². The summed E-state index contributed by atoms with van der Waals surface area (Å²) >= 11 is 1.41. The standard InChI is InChI=1S/C33H33N7O3S/c1-2-29-37-40(20-22-16-18-24(19-17-22)25-12-6-7-13-26(25)30-35-38-39-36-30)33(44-29)34-31(41)27-14-8-9-15-28(27)32(42)43-21-23-10-4-3-5-11-23/h3-7,10-13,16-19,27-28H,2,8-9,14-15,20-21H2,1H3,(H,35,36,38,39)/t27-,28+/m0/s1. The first-order valence-electron chi connectivity index (χ1n) is 14.9. The van der Waals surface area contributed by atoms with Gasteiger partial charge >= 0.3 is 5.97 Å². The summed E-state index contributed by atoms with van der Waals surface area (Å²) in [5.41, 5.74) is 4.90. The largest absolute Gasteiger partial charge is 0.461 e. The lowest BCUT2D eigenvalue weighted by atomic mass is 9.79. The number of H-pyrrole nitrogens is 1. The molecule has 2 atom stereocenters. The number of esters is 1. The highest BCUT2D eigenvalue weighted by atomic mass is 32.1. The molecule has 1 amide bonds. The first-order valence-corrected chi connectivity index (χ1v) is 15.7. The molecule has 1 saturated carbocycles. The number of carbonyl (C=O) groups excluding carboxylic acids is 2. The molecule has 44 heavy (non-hydrogen) atoms. The summed E-state index contributed by atoms with van der Waals surface area (Å²) in [7, 11) is 0. The number of carbonyl (C=O) groups is 2. The van der Waals surface area contributed by atoms with Crippen molar-refractivity contribution in [2.24, 2.45) is 16.8 Å². The number of benzene rings is 3. The van der Waals surface area contributed by atoms with Crippen molar-refractivity contribution in [3.05, 3.63) is 99.8 Å². The van der Waals surface area contributed by atoms with Crippen LogP contribution in [0.2, 0.25) is 0 Å². The molecule has 0 unspecified atom stereocenters. The maximum absolute atomic E-state index is 13.6. The number of aromatic nitrogens is 6. The van der Waals surface area contributed by atoms with E-state index in [9.17, 15) is 9.59 Å². The van der Waals surface area contributed by atoms with Gasteiger partial charge < -0.3 is 4.74 Å². The zero-order valence-corrected chi connectivity index (χ0v) is 25.2. The van der Waals surface area contributed by atoms with Crippen molar-refractivity contribution in [3.8, 4) is 22.5 Å². The molecule has 5 aromatic rings. The van der Waals surface area contributed by atoms with E-state index in [4.69, 9.17) is 9.84 Å². The van der Waals surface area contributed by atoms with Crippen molar-refractivity contribution in [3.63, 3.8) is 0 Å². The van der Waals surface area contributed by atoms with Gasteiger partial charge in [-0.25, -0.2) is 9.78 Å². The average Bonchev–Trinajstić information content (AvgIpc) is 3.75. The van der Waals surface area contributed by atoms with Gasteiger partial charge in [0.05, 0.1) is 18.4 Å². The smallest absolute Gasteiger partial charge is 0.310 e. The molecule has 2 heterocycles. The quantitative estimate of drug-likeness (QED) is 0.223. The van der Waals surface area contributed by atoms with Crippen LogP contribution in [0.5, 0.6) is 0 Å². The van der Waals surface area contributed by atoms with E-state index in [2.05, 4.69) is 37.7 Å². The zero-order chi connectivity index (χ0) is 30.3. The first-order chi connectivity index (χ1) is 21.6. The summed E-state index contributed by atoms with van der Waals surface area (Å²) in [5, 5.41) is 20.0. The van der Waals surface area contributed by atoms with Gasteiger partial charge in [-0.3, -0.25) is 9.59 Å². The molecule has 1 fully saturated rings. The molecule has 224 valence electrons. The van der Waals surface area contributed by atoms with Gasteiger partial charge in [0, 0.05) is 5.56 Å². The van der Waals surface area contributed by atoms with Crippen LogP contribution >= 0.6 is 11.3 Å².